The number of nitrogens with zero attached hydrogens (tertiary/aromatic N) is 2. The first-order valence-corrected chi connectivity index (χ1v) is 13.1. The minimum Gasteiger partial charge on any atom is -0.369 e. The number of nitrogens with two attached hydrogens (primary N) is 2. The van der Waals surface area contributed by atoms with E-state index in [1.54, 1.807) is 6.20 Å². The Hall–Kier alpha value is -2.06. The first-order valence-electron chi connectivity index (χ1n) is 12.2. The molecule has 2 amide bonds. The number of thiazole rings is 1. The van der Waals surface area contributed by atoms with Crippen LogP contribution in [0.2, 0.25) is 0 Å². The molecular weight excluding hydrogens is 436 g/mol. The van der Waals surface area contributed by atoms with Gasteiger partial charge in [-0.1, -0.05) is 18.6 Å². The monoisotopic (exact) mass is 470 g/mol. The van der Waals surface area contributed by atoms with Gasteiger partial charge in [-0.2, -0.15) is 0 Å². The Morgan fingerprint density at radius 2 is 1.70 bits per heavy atom. The van der Waals surface area contributed by atoms with Gasteiger partial charge in [-0.05, 0) is 75.4 Å². The van der Waals surface area contributed by atoms with E-state index in [0.29, 0.717) is 16.3 Å². The van der Waals surface area contributed by atoms with Crippen molar-refractivity contribution in [2.24, 2.45) is 39.5 Å². The van der Waals surface area contributed by atoms with Crippen LogP contribution in [0.25, 0.3) is 0 Å². The Morgan fingerprint density at radius 1 is 1.06 bits per heavy atom. The predicted octanol–water partition coefficient (Wildman–Crippen LogP) is 2.69. The van der Waals surface area contributed by atoms with Crippen LogP contribution in [0.3, 0.4) is 0 Å². The van der Waals surface area contributed by atoms with Crippen molar-refractivity contribution < 1.29 is 14.4 Å². The van der Waals surface area contributed by atoms with Crippen molar-refractivity contribution in [3.63, 3.8) is 0 Å². The molecule has 4 N–H and O–H groups in total. The highest BCUT2D eigenvalue weighted by atomic mass is 32.1. The van der Waals surface area contributed by atoms with Gasteiger partial charge < -0.3 is 16.4 Å². The number of rotatable bonds is 10. The van der Waals surface area contributed by atoms with Gasteiger partial charge >= 0.3 is 0 Å². The van der Waals surface area contributed by atoms with Gasteiger partial charge in [0.1, 0.15) is 0 Å². The number of allylic oxidation sites excluding steroid dienone is 2. The van der Waals surface area contributed by atoms with E-state index < -0.39 is 22.6 Å². The predicted molar refractivity (Wildman–Crippen MR) is 126 cm³/mol. The van der Waals surface area contributed by atoms with Crippen LogP contribution >= 0.6 is 11.3 Å². The molecule has 1 saturated heterocycles. The summed E-state index contributed by atoms with van der Waals surface area (Å²) < 4.78 is 0. The summed E-state index contributed by atoms with van der Waals surface area (Å²) in [7, 11) is 0. The van der Waals surface area contributed by atoms with Gasteiger partial charge in [0.2, 0.25) is 11.8 Å². The molecule has 7 nitrogen and oxygen atoms in total. The third-order valence-corrected chi connectivity index (χ3v) is 10.2. The van der Waals surface area contributed by atoms with Crippen molar-refractivity contribution in [1.29, 1.82) is 0 Å². The number of carbonyl (C=O) groups is 3. The summed E-state index contributed by atoms with van der Waals surface area (Å²) in [5.74, 6) is -1.08. The molecule has 2 bridgehead atoms. The molecule has 4 atom stereocenters. The van der Waals surface area contributed by atoms with E-state index in [-0.39, 0.29) is 29.5 Å². The first-order chi connectivity index (χ1) is 15.8. The number of amides is 2. The largest absolute Gasteiger partial charge is 0.369 e. The number of carbonyl (C=O) groups excluding carboxylic acids is 3. The van der Waals surface area contributed by atoms with Crippen LogP contribution in [0.15, 0.2) is 18.3 Å². The molecule has 8 heteroatoms. The zero-order chi connectivity index (χ0) is 23.4. The van der Waals surface area contributed by atoms with Crippen LogP contribution in [0, 0.1) is 28.1 Å². The SMILES string of the molecule is CC(=O)c1cnc(C[C@@]2(C(N)=O)[C@H]3C=C[C@H](C34CC4)[C@@]2(CCCCN2CCCC2)C(N)=O)s1. The molecule has 0 aromatic carbocycles. The van der Waals surface area contributed by atoms with Crippen molar-refractivity contribution in [2.45, 2.75) is 58.3 Å². The Balaban J connectivity index is 1.50. The maximum Gasteiger partial charge on any atom is 0.225 e. The summed E-state index contributed by atoms with van der Waals surface area (Å²) in [6.45, 7) is 4.81. The lowest BCUT2D eigenvalue weighted by molar-refractivity contribution is -0.151. The molecule has 2 saturated carbocycles. The van der Waals surface area contributed by atoms with Gasteiger partial charge in [0, 0.05) is 19.5 Å². The molecule has 33 heavy (non-hydrogen) atoms. The maximum atomic E-state index is 13.4. The Bertz CT molecular complexity index is 1010. The van der Waals surface area contributed by atoms with Crippen LogP contribution in [0.5, 0.6) is 0 Å². The maximum absolute atomic E-state index is 13.4. The second kappa shape index (κ2) is 8.01. The Labute approximate surface area is 199 Å². The summed E-state index contributed by atoms with van der Waals surface area (Å²) >= 11 is 1.30. The summed E-state index contributed by atoms with van der Waals surface area (Å²) in [4.78, 5) is 46.2. The van der Waals surface area contributed by atoms with Crippen LogP contribution < -0.4 is 11.5 Å². The number of ketones is 1. The number of Topliss-reactive ketones (excluding diaryl/α,β-unsaturated/α-hetero) is 1. The van der Waals surface area contributed by atoms with Gasteiger partial charge in [0.05, 0.1) is 20.7 Å². The third-order valence-electron chi connectivity index (χ3n) is 9.12. The second-order valence-corrected chi connectivity index (χ2v) is 11.7. The van der Waals surface area contributed by atoms with E-state index >= 15 is 0 Å². The minimum atomic E-state index is -1.10. The van der Waals surface area contributed by atoms with Gasteiger partial charge in [-0.25, -0.2) is 4.98 Å². The van der Waals surface area contributed by atoms with Gasteiger partial charge in [-0.3, -0.25) is 14.4 Å². The first kappa shape index (κ1) is 22.7. The smallest absolute Gasteiger partial charge is 0.225 e. The summed E-state index contributed by atoms with van der Waals surface area (Å²) in [5.41, 5.74) is 10.3. The molecule has 1 aromatic rings. The zero-order valence-electron chi connectivity index (χ0n) is 19.3. The Morgan fingerprint density at radius 3 is 2.24 bits per heavy atom. The van der Waals surface area contributed by atoms with E-state index in [1.165, 1.54) is 31.1 Å². The molecule has 5 rings (SSSR count). The molecule has 1 aromatic heterocycles. The van der Waals surface area contributed by atoms with Crippen LogP contribution in [-0.2, 0) is 16.0 Å². The number of likely N-dealkylation sites (tertiary alicyclic amines) is 1. The molecule has 1 spiro atoms. The number of aromatic nitrogens is 1. The topological polar surface area (TPSA) is 119 Å². The third kappa shape index (κ3) is 3.16. The standard InChI is InChI=1S/C25H34N4O3S/c1-16(30)17-15-28-20(33-17)14-25(22(27)32)19-7-6-18(23(19)9-10-23)24(25,21(26)31)8-2-3-11-29-12-4-5-13-29/h6-7,15,18-19H,2-5,8-14H2,1H3,(H2,26,31)(H2,27,32)/t18-,19+,24+,25+/m1/s1. The summed E-state index contributed by atoms with van der Waals surface area (Å²) in [6.07, 6.45) is 13.0. The quantitative estimate of drug-likeness (QED) is 0.309. The van der Waals surface area contributed by atoms with E-state index in [1.807, 2.05) is 0 Å². The summed E-state index contributed by atoms with van der Waals surface area (Å²) in [6, 6.07) is 0. The number of unbranched alkanes of at least 4 members (excludes halogenated alkanes) is 1. The average molecular weight is 471 g/mol. The molecule has 0 unspecified atom stereocenters. The lowest BCUT2D eigenvalue weighted by Crippen LogP contribution is -2.60. The van der Waals surface area contributed by atoms with Crippen molar-refractivity contribution in [3.05, 3.63) is 28.2 Å². The van der Waals surface area contributed by atoms with Gasteiger partial charge in [-0.15, -0.1) is 11.3 Å². The van der Waals surface area contributed by atoms with E-state index in [4.69, 9.17) is 11.5 Å². The number of primary amides is 2. The van der Waals surface area contributed by atoms with E-state index in [2.05, 4.69) is 22.0 Å². The van der Waals surface area contributed by atoms with Crippen molar-refractivity contribution in [3.8, 4) is 0 Å². The van der Waals surface area contributed by atoms with Crippen molar-refractivity contribution in [2.75, 3.05) is 19.6 Å². The van der Waals surface area contributed by atoms with Crippen LogP contribution in [0.4, 0.5) is 0 Å². The lowest BCUT2D eigenvalue weighted by Gasteiger charge is -2.47. The van der Waals surface area contributed by atoms with Crippen molar-refractivity contribution in [1.82, 2.24) is 9.88 Å². The molecule has 0 radical (unpaired) electrons. The van der Waals surface area contributed by atoms with E-state index in [0.717, 1.165) is 45.3 Å². The fourth-order valence-electron chi connectivity index (χ4n) is 7.57. The minimum absolute atomic E-state index is 0.0542. The second-order valence-electron chi connectivity index (χ2n) is 10.6. The molecule has 1 aliphatic heterocycles. The highest BCUT2D eigenvalue weighted by Gasteiger charge is 2.82. The number of hydrogen-bond donors (Lipinski definition) is 2. The highest BCUT2D eigenvalue weighted by Crippen LogP contribution is 2.81. The fourth-order valence-corrected chi connectivity index (χ4v) is 8.48. The molecule has 178 valence electrons. The van der Waals surface area contributed by atoms with Crippen LogP contribution in [0.1, 0.15) is 66.5 Å². The highest BCUT2D eigenvalue weighted by molar-refractivity contribution is 7.13. The normalized spacial score (nSPS) is 33.7. The number of hydrogen-bond acceptors (Lipinski definition) is 6. The van der Waals surface area contributed by atoms with Crippen molar-refractivity contribution >= 4 is 28.9 Å². The summed E-state index contributed by atoms with van der Waals surface area (Å²) in [5, 5.41) is 0.679. The fraction of sp³-hybridized carbons (Fsp3) is 0.680. The van der Waals surface area contributed by atoms with Gasteiger partial charge in [0.25, 0.3) is 0 Å². The zero-order valence-corrected chi connectivity index (χ0v) is 20.2. The Kier molecular flexibility index (Phi) is 5.52. The van der Waals surface area contributed by atoms with Gasteiger partial charge in [0.15, 0.2) is 5.78 Å². The molecule has 3 fully saturated rings. The average Bonchev–Trinajstić information content (AvgIpc) is 3.12. The molecular formula is C25H34N4O3S. The van der Waals surface area contributed by atoms with E-state index in [9.17, 15) is 14.4 Å². The molecule has 3 aliphatic carbocycles. The lowest BCUT2D eigenvalue weighted by atomic mass is 9.53. The molecule has 2 heterocycles. The van der Waals surface area contributed by atoms with Crippen LogP contribution in [-0.4, -0.2) is 47.1 Å². The molecule has 4 aliphatic rings.